The first-order valence-corrected chi connectivity index (χ1v) is 7.09. The first kappa shape index (κ1) is 13.8. The Kier molecular flexibility index (Phi) is 3.97. The van der Waals surface area contributed by atoms with Gasteiger partial charge in [0.1, 0.15) is 0 Å². The Labute approximate surface area is 110 Å². The van der Waals surface area contributed by atoms with Gasteiger partial charge >= 0.3 is 0 Å². The van der Waals surface area contributed by atoms with Crippen molar-refractivity contribution in [2.75, 3.05) is 13.2 Å². The van der Waals surface area contributed by atoms with Gasteiger partial charge < -0.3 is 15.4 Å². The second kappa shape index (κ2) is 5.17. The fourth-order valence-corrected chi connectivity index (χ4v) is 2.92. The van der Waals surface area contributed by atoms with Crippen LogP contribution in [0.25, 0.3) is 0 Å². The van der Waals surface area contributed by atoms with Crippen LogP contribution in [0.4, 0.5) is 0 Å². The first-order valence-electron chi connectivity index (χ1n) is 7.09. The molecule has 0 aromatic heterocycles. The number of fused-ring (bicyclic) bond motifs is 1. The fourth-order valence-electron chi connectivity index (χ4n) is 2.92. The smallest absolute Gasteiger partial charge is 0.240 e. The summed E-state index contributed by atoms with van der Waals surface area (Å²) in [6, 6.07) is -0.161. The second-order valence-corrected chi connectivity index (χ2v) is 6.64. The Hall–Kier alpha value is -0.610. The molecule has 2 rings (SSSR count). The van der Waals surface area contributed by atoms with E-state index in [9.17, 15) is 4.79 Å². The summed E-state index contributed by atoms with van der Waals surface area (Å²) in [4.78, 5) is 14.5. The molecule has 1 aliphatic heterocycles. The molecule has 0 aromatic rings. The Morgan fingerprint density at radius 1 is 1.33 bits per heavy atom. The number of rotatable bonds is 1. The van der Waals surface area contributed by atoms with E-state index in [1.54, 1.807) is 0 Å². The third-order valence-electron chi connectivity index (χ3n) is 4.21. The maximum absolute atomic E-state index is 12.5. The van der Waals surface area contributed by atoms with Crippen LogP contribution in [0, 0.1) is 5.41 Å². The van der Waals surface area contributed by atoms with Crippen molar-refractivity contribution >= 4 is 5.91 Å². The van der Waals surface area contributed by atoms with Crippen LogP contribution in [0.15, 0.2) is 0 Å². The molecule has 4 heteroatoms. The van der Waals surface area contributed by atoms with Crippen molar-refractivity contribution in [3.63, 3.8) is 0 Å². The summed E-state index contributed by atoms with van der Waals surface area (Å²) in [7, 11) is 0. The number of hydrogen-bond acceptors (Lipinski definition) is 3. The van der Waals surface area contributed by atoms with Gasteiger partial charge in [-0.2, -0.15) is 0 Å². The van der Waals surface area contributed by atoms with Crippen molar-refractivity contribution < 1.29 is 9.53 Å². The predicted molar refractivity (Wildman–Crippen MR) is 71.1 cm³/mol. The highest BCUT2D eigenvalue weighted by Gasteiger charge is 2.40. The van der Waals surface area contributed by atoms with Gasteiger partial charge in [-0.15, -0.1) is 0 Å². The molecular formula is C14H26N2O2. The van der Waals surface area contributed by atoms with E-state index in [1.807, 2.05) is 25.7 Å². The molecule has 0 spiro atoms. The van der Waals surface area contributed by atoms with Crippen molar-refractivity contribution in [2.24, 2.45) is 11.1 Å². The van der Waals surface area contributed by atoms with E-state index >= 15 is 0 Å². The van der Waals surface area contributed by atoms with Crippen LogP contribution in [-0.2, 0) is 9.53 Å². The van der Waals surface area contributed by atoms with Crippen molar-refractivity contribution in [2.45, 2.75) is 64.6 Å². The van der Waals surface area contributed by atoms with E-state index < -0.39 is 6.04 Å². The number of ether oxygens (including phenoxy) is 1. The number of nitrogens with zero attached hydrogens (tertiary/aromatic N) is 1. The maximum atomic E-state index is 12.5. The molecule has 1 amide bonds. The molecule has 4 nitrogen and oxygen atoms in total. The van der Waals surface area contributed by atoms with E-state index in [1.165, 1.54) is 12.8 Å². The van der Waals surface area contributed by atoms with Crippen LogP contribution in [-0.4, -0.2) is 42.1 Å². The molecule has 1 heterocycles. The number of amides is 1. The molecule has 0 aromatic carbocycles. The molecule has 104 valence electrons. The van der Waals surface area contributed by atoms with E-state index in [4.69, 9.17) is 10.5 Å². The van der Waals surface area contributed by atoms with Gasteiger partial charge in [-0.1, -0.05) is 33.6 Å². The summed E-state index contributed by atoms with van der Waals surface area (Å²) in [6.07, 6.45) is 4.80. The minimum Gasteiger partial charge on any atom is -0.374 e. The third-order valence-corrected chi connectivity index (χ3v) is 4.21. The quantitative estimate of drug-likeness (QED) is 0.772. The maximum Gasteiger partial charge on any atom is 0.240 e. The Bertz CT molecular complexity index is 309. The topological polar surface area (TPSA) is 55.6 Å². The number of carbonyl (C=O) groups excluding carboxylic acids is 1. The predicted octanol–water partition coefficient (Wildman–Crippen LogP) is 1.53. The molecule has 18 heavy (non-hydrogen) atoms. The van der Waals surface area contributed by atoms with Gasteiger partial charge in [-0.3, -0.25) is 4.79 Å². The molecule has 1 saturated heterocycles. The minimum atomic E-state index is -0.418. The lowest BCUT2D eigenvalue weighted by atomic mass is 9.84. The van der Waals surface area contributed by atoms with Gasteiger partial charge in [0.25, 0.3) is 0 Å². The molecule has 1 saturated carbocycles. The van der Waals surface area contributed by atoms with Gasteiger partial charge in [0.2, 0.25) is 5.91 Å². The van der Waals surface area contributed by atoms with Crippen molar-refractivity contribution in [3.8, 4) is 0 Å². The Morgan fingerprint density at radius 2 is 2.00 bits per heavy atom. The zero-order valence-corrected chi connectivity index (χ0v) is 11.8. The molecule has 3 unspecified atom stereocenters. The molecular weight excluding hydrogens is 228 g/mol. The zero-order valence-electron chi connectivity index (χ0n) is 11.8. The van der Waals surface area contributed by atoms with Crippen molar-refractivity contribution in [1.29, 1.82) is 0 Å². The molecule has 2 aliphatic rings. The highest BCUT2D eigenvalue weighted by atomic mass is 16.5. The average Bonchev–Trinajstić information content (AvgIpc) is 2.35. The van der Waals surface area contributed by atoms with Gasteiger partial charge in [-0.25, -0.2) is 0 Å². The van der Waals surface area contributed by atoms with Gasteiger partial charge in [0, 0.05) is 6.54 Å². The molecule has 3 atom stereocenters. The van der Waals surface area contributed by atoms with E-state index in [0.717, 1.165) is 12.8 Å². The van der Waals surface area contributed by atoms with Gasteiger partial charge in [0.15, 0.2) is 0 Å². The Balaban J connectivity index is 2.09. The van der Waals surface area contributed by atoms with Gasteiger partial charge in [0.05, 0.1) is 24.8 Å². The lowest BCUT2D eigenvalue weighted by molar-refractivity contribution is -0.153. The average molecular weight is 254 g/mol. The van der Waals surface area contributed by atoms with Crippen LogP contribution in [0.2, 0.25) is 0 Å². The number of carbonyl (C=O) groups is 1. The third kappa shape index (κ3) is 2.69. The highest BCUT2D eigenvalue weighted by Crippen LogP contribution is 2.30. The van der Waals surface area contributed by atoms with Crippen LogP contribution >= 0.6 is 0 Å². The lowest BCUT2D eigenvalue weighted by Crippen LogP contribution is -2.60. The second-order valence-electron chi connectivity index (χ2n) is 6.64. The SMILES string of the molecule is CC(C)(C)C(N)C(=O)N1CCOC2CCCCC21. The summed E-state index contributed by atoms with van der Waals surface area (Å²) in [5, 5.41) is 0. The van der Waals surface area contributed by atoms with Crippen molar-refractivity contribution in [3.05, 3.63) is 0 Å². The van der Waals surface area contributed by atoms with Crippen molar-refractivity contribution in [1.82, 2.24) is 4.90 Å². The fraction of sp³-hybridized carbons (Fsp3) is 0.929. The zero-order chi connectivity index (χ0) is 13.3. The van der Waals surface area contributed by atoms with E-state index in [2.05, 4.69) is 0 Å². The molecule has 0 radical (unpaired) electrons. The highest BCUT2D eigenvalue weighted by molar-refractivity contribution is 5.83. The first-order chi connectivity index (χ1) is 8.41. The number of nitrogens with two attached hydrogens (primary N) is 1. The molecule has 2 fully saturated rings. The normalized spacial score (nSPS) is 30.8. The summed E-state index contributed by atoms with van der Waals surface area (Å²) in [5.41, 5.74) is 5.93. The summed E-state index contributed by atoms with van der Waals surface area (Å²) in [6.45, 7) is 7.42. The van der Waals surface area contributed by atoms with E-state index in [0.29, 0.717) is 13.2 Å². The van der Waals surface area contributed by atoms with Crippen LogP contribution in [0.3, 0.4) is 0 Å². The van der Waals surface area contributed by atoms with Crippen LogP contribution in [0.5, 0.6) is 0 Å². The molecule has 1 aliphatic carbocycles. The summed E-state index contributed by atoms with van der Waals surface area (Å²) >= 11 is 0. The lowest BCUT2D eigenvalue weighted by Gasteiger charge is -2.45. The summed E-state index contributed by atoms with van der Waals surface area (Å²) in [5.74, 6) is 0.0997. The summed E-state index contributed by atoms with van der Waals surface area (Å²) < 4.78 is 5.79. The van der Waals surface area contributed by atoms with Crippen LogP contribution < -0.4 is 5.73 Å². The van der Waals surface area contributed by atoms with Gasteiger partial charge in [-0.05, 0) is 18.3 Å². The molecule has 0 bridgehead atoms. The van der Waals surface area contributed by atoms with Crippen LogP contribution in [0.1, 0.15) is 46.5 Å². The number of morpholine rings is 1. The largest absolute Gasteiger partial charge is 0.374 e. The Morgan fingerprint density at radius 3 is 2.67 bits per heavy atom. The minimum absolute atomic E-state index is 0.0997. The van der Waals surface area contributed by atoms with E-state index in [-0.39, 0.29) is 23.5 Å². The monoisotopic (exact) mass is 254 g/mol. The molecule has 2 N–H and O–H groups in total. The standard InChI is InChI=1S/C14H26N2O2/c1-14(2,3)12(15)13(17)16-8-9-18-11-7-5-4-6-10(11)16/h10-12H,4-9,15H2,1-3H3. The number of hydrogen-bond donors (Lipinski definition) is 1.